The highest BCUT2D eigenvalue weighted by Crippen LogP contribution is 2.22. The molecular formula is C16H21Cl2NO4. The topological polar surface area (TPSA) is 64.6 Å². The van der Waals surface area contributed by atoms with E-state index in [1.807, 2.05) is 0 Å². The maximum atomic E-state index is 11.6. The zero-order valence-electron chi connectivity index (χ0n) is 13.4. The lowest BCUT2D eigenvalue weighted by Crippen LogP contribution is -2.29. The number of hydrogen-bond acceptors (Lipinski definition) is 5. The summed E-state index contributed by atoms with van der Waals surface area (Å²) in [5.41, 5.74) is 0.247. The molecule has 0 aromatic heterocycles. The van der Waals surface area contributed by atoms with Gasteiger partial charge in [-0.2, -0.15) is 0 Å². The Labute approximate surface area is 146 Å². The van der Waals surface area contributed by atoms with Crippen LogP contribution in [-0.4, -0.2) is 30.6 Å². The summed E-state index contributed by atoms with van der Waals surface area (Å²) in [5, 5.41) is 3.70. The number of rotatable bonds is 7. The van der Waals surface area contributed by atoms with Gasteiger partial charge in [-0.15, -0.1) is 0 Å². The minimum absolute atomic E-state index is 0.0180. The Bertz CT molecular complexity index is 556. The molecule has 5 nitrogen and oxygen atoms in total. The molecule has 1 aromatic carbocycles. The minimum Gasteiger partial charge on any atom is -0.460 e. The van der Waals surface area contributed by atoms with Gasteiger partial charge in [-0.25, -0.2) is 0 Å². The van der Waals surface area contributed by atoms with Crippen molar-refractivity contribution < 1.29 is 19.1 Å². The van der Waals surface area contributed by atoms with E-state index in [4.69, 9.17) is 32.7 Å². The van der Waals surface area contributed by atoms with Gasteiger partial charge in [0.25, 0.3) is 0 Å². The van der Waals surface area contributed by atoms with Gasteiger partial charge in [0.15, 0.2) is 0 Å². The molecule has 1 rings (SSSR count). The summed E-state index contributed by atoms with van der Waals surface area (Å²) < 4.78 is 10.2. The molecule has 0 heterocycles. The predicted molar refractivity (Wildman–Crippen MR) is 89.6 cm³/mol. The lowest BCUT2D eigenvalue weighted by molar-refractivity contribution is -0.155. The van der Waals surface area contributed by atoms with E-state index in [0.717, 1.165) is 5.56 Å². The fraction of sp³-hybridized carbons (Fsp3) is 0.500. The highest BCUT2D eigenvalue weighted by molar-refractivity contribution is 6.42. The summed E-state index contributed by atoms with van der Waals surface area (Å²) in [6, 6.07) is 5.02. The molecule has 1 aromatic rings. The minimum atomic E-state index is -0.504. The van der Waals surface area contributed by atoms with Crippen molar-refractivity contribution in [1.82, 2.24) is 5.32 Å². The van der Waals surface area contributed by atoms with E-state index in [9.17, 15) is 9.59 Å². The van der Waals surface area contributed by atoms with Crippen LogP contribution in [0, 0.1) is 0 Å². The zero-order chi connectivity index (χ0) is 17.5. The van der Waals surface area contributed by atoms with Crippen LogP contribution < -0.4 is 5.32 Å². The normalized spacial score (nSPS) is 11.2. The second-order valence-electron chi connectivity index (χ2n) is 5.92. The first kappa shape index (κ1) is 19.7. The molecule has 0 saturated heterocycles. The van der Waals surface area contributed by atoms with E-state index in [1.54, 1.807) is 39.0 Å². The van der Waals surface area contributed by atoms with Crippen LogP contribution in [0.5, 0.6) is 0 Å². The molecule has 0 atom stereocenters. The fourth-order valence-corrected chi connectivity index (χ4v) is 1.94. The Morgan fingerprint density at radius 2 is 1.83 bits per heavy atom. The van der Waals surface area contributed by atoms with Gasteiger partial charge < -0.3 is 14.8 Å². The molecule has 0 aliphatic rings. The standard InChI is InChI=1S/C16H21Cl2NO4/c1-16(2,3)23-14(20)6-7-19-9-15(21)22-10-11-4-5-12(17)13(18)8-11/h4-5,8,19H,6-7,9-10H2,1-3H3. The number of nitrogens with one attached hydrogen (secondary N) is 1. The van der Waals surface area contributed by atoms with E-state index >= 15 is 0 Å². The molecule has 0 unspecified atom stereocenters. The van der Waals surface area contributed by atoms with Crippen LogP contribution in [0.2, 0.25) is 10.0 Å². The number of carbonyl (C=O) groups excluding carboxylic acids is 2. The monoisotopic (exact) mass is 361 g/mol. The quantitative estimate of drug-likeness (QED) is 0.595. The SMILES string of the molecule is CC(C)(C)OC(=O)CCNCC(=O)OCc1ccc(Cl)c(Cl)c1. The first-order chi connectivity index (χ1) is 10.7. The van der Waals surface area contributed by atoms with Gasteiger partial charge in [0, 0.05) is 6.54 Å². The first-order valence-electron chi connectivity index (χ1n) is 7.19. The summed E-state index contributed by atoms with van der Waals surface area (Å²) in [6.07, 6.45) is 0.192. The average molecular weight is 362 g/mol. The Balaban J connectivity index is 2.19. The Kier molecular flexibility index (Phi) is 7.82. The maximum Gasteiger partial charge on any atom is 0.320 e. The fourth-order valence-electron chi connectivity index (χ4n) is 1.62. The van der Waals surface area contributed by atoms with Crippen LogP contribution in [-0.2, 0) is 25.7 Å². The van der Waals surface area contributed by atoms with Crippen molar-refractivity contribution in [3.05, 3.63) is 33.8 Å². The first-order valence-corrected chi connectivity index (χ1v) is 7.95. The second-order valence-corrected chi connectivity index (χ2v) is 6.74. The van der Waals surface area contributed by atoms with Crippen molar-refractivity contribution in [2.75, 3.05) is 13.1 Å². The molecular weight excluding hydrogens is 341 g/mol. The lowest BCUT2D eigenvalue weighted by atomic mass is 10.2. The Morgan fingerprint density at radius 1 is 1.13 bits per heavy atom. The number of esters is 2. The molecule has 0 amide bonds. The number of benzene rings is 1. The maximum absolute atomic E-state index is 11.6. The summed E-state index contributed by atoms with van der Waals surface area (Å²) in [4.78, 5) is 23.1. The van der Waals surface area contributed by atoms with Gasteiger partial charge in [0.05, 0.1) is 23.0 Å². The molecule has 128 valence electrons. The molecule has 0 aliphatic carbocycles. The summed E-state index contributed by atoms with van der Waals surface area (Å²) in [5.74, 6) is -0.727. The summed E-state index contributed by atoms with van der Waals surface area (Å²) in [7, 11) is 0. The highest BCUT2D eigenvalue weighted by Gasteiger charge is 2.15. The second kappa shape index (κ2) is 9.11. The van der Waals surface area contributed by atoms with E-state index in [0.29, 0.717) is 16.6 Å². The lowest BCUT2D eigenvalue weighted by Gasteiger charge is -2.19. The number of halogens is 2. The molecule has 0 fully saturated rings. The van der Waals surface area contributed by atoms with Crippen LogP contribution >= 0.6 is 23.2 Å². The van der Waals surface area contributed by atoms with Crippen molar-refractivity contribution in [2.24, 2.45) is 0 Å². The van der Waals surface area contributed by atoms with E-state index in [1.165, 1.54) is 0 Å². The smallest absolute Gasteiger partial charge is 0.320 e. The zero-order valence-corrected chi connectivity index (χ0v) is 15.0. The molecule has 0 spiro atoms. The highest BCUT2D eigenvalue weighted by atomic mass is 35.5. The van der Waals surface area contributed by atoms with Crippen molar-refractivity contribution in [3.8, 4) is 0 Å². The van der Waals surface area contributed by atoms with Crippen LogP contribution in [0.4, 0.5) is 0 Å². The van der Waals surface area contributed by atoms with Crippen LogP contribution in [0.3, 0.4) is 0 Å². The molecule has 0 bridgehead atoms. The van der Waals surface area contributed by atoms with Gasteiger partial charge in [-0.1, -0.05) is 29.3 Å². The van der Waals surface area contributed by atoms with Crippen molar-refractivity contribution in [2.45, 2.75) is 39.4 Å². The van der Waals surface area contributed by atoms with E-state index < -0.39 is 11.6 Å². The van der Waals surface area contributed by atoms with Crippen molar-refractivity contribution in [3.63, 3.8) is 0 Å². The average Bonchev–Trinajstić information content (AvgIpc) is 2.43. The molecule has 1 N–H and O–H groups in total. The summed E-state index contributed by atoms with van der Waals surface area (Å²) in [6.45, 7) is 5.89. The van der Waals surface area contributed by atoms with Gasteiger partial charge in [-0.05, 0) is 38.5 Å². The number of hydrogen-bond donors (Lipinski definition) is 1. The van der Waals surface area contributed by atoms with Gasteiger partial charge in [0.1, 0.15) is 12.2 Å². The largest absolute Gasteiger partial charge is 0.460 e. The van der Waals surface area contributed by atoms with Gasteiger partial charge in [-0.3, -0.25) is 9.59 Å². The third kappa shape index (κ3) is 8.79. The van der Waals surface area contributed by atoms with Crippen molar-refractivity contribution >= 4 is 35.1 Å². The molecule has 7 heteroatoms. The number of carbonyl (C=O) groups is 2. The Morgan fingerprint density at radius 3 is 2.43 bits per heavy atom. The van der Waals surface area contributed by atoms with E-state index in [-0.39, 0.29) is 25.5 Å². The summed E-state index contributed by atoms with van der Waals surface area (Å²) >= 11 is 11.7. The predicted octanol–water partition coefficient (Wildman–Crippen LogP) is 3.36. The van der Waals surface area contributed by atoms with Gasteiger partial charge in [0.2, 0.25) is 0 Å². The Hall–Kier alpha value is -1.30. The third-order valence-corrected chi connectivity index (χ3v) is 3.32. The van der Waals surface area contributed by atoms with Crippen LogP contribution in [0.15, 0.2) is 18.2 Å². The third-order valence-electron chi connectivity index (χ3n) is 2.58. The van der Waals surface area contributed by atoms with Crippen molar-refractivity contribution in [1.29, 1.82) is 0 Å². The molecule has 0 radical (unpaired) electrons. The number of ether oxygens (including phenoxy) is 2. The van der Waals surface area contributed by atoms with Gasteiger partial charge >= 0.3 is 11.9 Å². The van der Waals surface area contributed by atoms with Crippen LogP contribution in [0.25, 0.3) is 0 Å². The van der Waals surface area contributed by atoms with Crippen LogP contribution in [0.1, 0.15) is 32.8 Å². The molecule has 0 aliphatic heterocycles. The molecule has 23 heavy (non-hydrogen) atoms. The molecule has 0 saturated carbocycles. The van der Waals surface area contributed by atoms with E-state index in [2.05, 4.69) is 5.32 Å².